The second-order valence-corrected chi connectivity index (χ2v) is 19.9. The van der Waals surface area contributed by atoms with E-state index in [-0.39, 0.29) is 0 Å². The maximum absolute atomic E-state index is 6.65. The Kier molecular flexibility index (Phi) is 9.96. The van der Waals surface area contributed by atoms with Gasteiger partial charge in [0.05, 0.1) is 0 Å². The smallest absolute Gasteiger partial charge is 0.135 e. The minimum atomic E-state index is 0.875. The summed E-state index contributed by atoms with van der Waals surface area (Å²) in [6.45, 7) is 0. The van der Waals surface area contributed by atoms with Crippen molar-refractivity contribution in [3.05, 3.63) is 279 Å². The zero-order valence-electron chi connectivity index (χ0n) is 41.0. The van der Waals surface area contributed by atoms with Crippen molar-refractivity contribution in [3.8, 4) is 77.9 Å². The van der Waals surface area contributed by atoms with E-state index in [0.717, 1.165) is 33.1 Å². The zero-order chi connectivity index (χ0) is 49.4. The lowest BCUT2D eigenvalue weighted by Crippen LogP contribution is -1.92. The van der Waals surface area contributed by atoms with Crippen molar-refractivity contribution >= 4 is 75.8 Å². The van der Waals surface area contributed by atoms with Crippen molar-refractivity contribution < 1.29 is 4.42 Å². The fraction of sp³-hybridized carbons (Fsp3) is 0. The van der Waals surface area contributed by atoms with Crippen LogP contribution in [0.5, 0.6) is 0 Å². The Morgan fingerprint density at radius 1 is 0.160 bits per heavy atom. The lowest BCUT2D eigenvalue weighted by Gasteiger charge is -2.19. The predicted molar refractivity (Wildman–Crippen MR) is 319 cm³/mol. The molecule has 1 nitrogen and oxygen atoms in total. The lowest BCUT2D eigenvalue weighted by molar-refractivity contribution is 0.669. The highest BCUT2D eigenvalue weighted by Gasteiger charge is 2.21. The van der Waals surface area contributed by atoms with E-state index < -0.39 is 0 Å². The van der Waals surface area contributed by atoms with Gasteiger partial charge in [0, 0.05) is 10.8 Å². The van der Waals surface area contributed by atoms with Crippen LogP contribution in [0.3, 0.4) is 0 Å². The second-order valence-electron chi connectivity index (χ2n) is 19.9. The van der Waals surface area contributed by atoms with Gasteiger partial charge in [-0.1, -0.05) is 237 Å². The van der Waals surface area contributed by atoms with Gasteiger partial charge in [0.15, 0.2) is 0 Å². The van der Waals surface area contributed by atoms with E-state index in [0.29, 0.717) is 0 Å². The summed E-state index contributed by atoms with van der Waals surface area (Å²) in [5.41, 5.74) is 18.6. The summed E-state index contributed by atoms with van der Waals surface area (Å²) < 4.78 is 6.65. The molecule has 15 aromatic rings. The molecule has 1 aromatic heterocycles. The molecular formula is C74H46O. The van der Waals surface area contributed by atoms with Crippen molar-refractivity contribution in [2.24, 2.45) is 0 Å². The molecule has 1 heteroatoms. The van der Waals surface area contributed by atoms with E-state index >= 15 is 0 Å². The Balaban J connectivity index is 0.915. The van der Waals surface area contributed by atoms with Crippen molar-refractivity contribution in [3.63, 3.8) is 0 Å². The predicted octanol–water partition coefficient (Wildman–Crippen LogP) is 21.0. The molecule has 0 spiro atoms. The van der Waals surface area contributed by atoms with Gasteiger partial charge in [0.1, 0.15) is 11.2 Å². The molecule has 75 heavy (non-hydrogen) atoms. The summed E-state index contributed by atoms with van der Waals surface area (Å²) in [6, 6.07) is 102. The fourth-order valence-electron chi connectivity index (χ4n) is 12.1. The highest BCUT2D eigenvalue weighted by Crippen LogP contribution is 2.48. The van der Waals surface area contributed by atoms with E-state index in [1.165, 1.54) is 121 Å². The largest absolute Gasteiger partial charge is 0.456 e. The first-order valence-electron chi connectivity index (χ1n) is 25.9. The summed E-state index contributed by atoms with van der Waals surface area (Å²) in [5.74, 6) is 0. The van der Waals surface area contributed by atoms with Crippen LogP contribution >= 0.6 is 0 Å². The Morgan fingerprint density at radius 3 is 1.11 bits per heavy atom. The normalized spacial score (nSPS) is 11.7. The monoisotopic (exact) mass is 950 g/mol. The standard InChI is InChI=1S/C74H46O/c1-3-16-47(17-4-1)53-22-15-23-57(43-53)74-64-29-14-11-26-61(64)72(51-33-30-49(31-34-51)54-35-32-48-18-7-8-21-52(48)42-54)65-39-36-55(45-68(65)74)56-37-40-69-66(44-56)67-46-58(38-41-70(67)75-69)73-62-27-12-9-24-59(62)71(50-19-5-2-6-20-50)60-25-10-13-28-63(60)73/h1-46H. The van der Waals surface area contributed by atoms with Gasteiger partial charge in [-0.15, -0.1) is 0 Å². The zero-order valence-corrected chi connectivity index (χ0v) is 41.0. The molecule has 0 aliphatic heterocycles. The van der Waals surface area contributed by atoms with Crippen LogP contribution < -0.4 is 0 Å². The van der Waals surface area contributed by atoms with Crippen LogP contribution in [0.2, 0.25) is 0 Å². The third-order valence-corrected chi connectivity index (χ3v) is 15.6. The van der Waals surface area contributed by atoms with Crippen molar-refractivity contribution in [2.75, 3.05) is 0 Å². The second kappa shape index (κ2) is 17.4. The van der Waals surface area contributed by atoms with Gasteiger partial charge in [0.25, 0.3) is 0 Å². The van der Waals surface area contributed by atoms with E-state index in [4.69, 9.17) is 4.42 Å². The van der Waals surface area contributed by atoms with Crippen molar-refractivity contribution in [1.29, 1.82) is 0 Å². The van der Waals surface area contributed by atoms with Gasteiger partial charge in [-0.3, -0.25) is 0 Å². The minimum absolute atomic E-state index is 0.875. The molecule has 15 rings (SSSR count). The molecule has 1 heterocycles. The van der Waals surface area contributed by atoms with Crippen LogP contribution in [0, 0.1) is 0 Å². The Hall–Kier alpha value is -9.82. The van der Waals surface area contributed by atoms with Gasteiger partial charge in [-0.05, 0) is 174 Å². The highest BCUT2D eigenvalue weighted by atomic mass is 16.3. The van der Waals surface area contributed by atoms with Crippen LogP contribution in [0.1, 0.15) is 0 Å². The van der Waals surface area contributed by atoms with Gasteiger partial charge < -0.3 is 4.42 Å². The van der Waals surface area contributed by atoms with Crippen LogP contribution in [-0.2, 0) is 0 Å². The molecule has 0 unspecified atom stereocenters. The summed E-state index contributed by atoms with van der Waals surface area (Å²) in [7, 11) is 0. The van der Waals surface area contributed by atoms with E-state index in [9.17, 15) is 0 Å². The average molecular weight is 951 g/mol. The van der Waals surface area contributed by atoms with Gasteiger partial charge >= 0.3 is 0 Å². The van der Waals surface area contributed by atoms with Crippen LogP contribution in [0.15, 0.2) is 283 Å². The van der Waals surface area contributed by atoms with E-state index in [1.807, 2.05) is 0 Å². The molecular weight excluding hydrogens is 905 g/mol. The van der Waals surface area contributed by atoms with E-state index in [1.54, 1.807) is 0 Å². The Labute approximate surface area is 434 Å². The molecule has 0 radical (unpaired) electrons. The van der Waals surface area contributed by atoms with Crippen molar-refractivity contribution in [2.45, 2.75) is 0 Å². The van der Waals surface area contributed by atoms with Gasteiger partial charge in [-0.25, -0.2) is 0 Å². The molecule has 0 amide bonds. The first-order valence-corrected chi connectivity index (χ1v) is 25.9. The molecule has 0 aliphatic carbocycles. The molecule has 348 valence electrons. The summed E-state index contributed by atoms with van der Waals surface area (Å²) in [5, 5.41) is 14.5. The lowest BCUT2D eigenvalue weighted by atomic mass is 9.84. The molecule has 0 aliphatic rings. The molecule has 0 N–H and O–H groups in total. The number of fused-ring (bicyclic) bond motifs is 8. The number of rotatable bonds is 7. The summed E-state index contributed by atoms with van der Waals surface area (Å²) in [4.78, 5) is 0. The first kappa shape index (κ1) is 42.8. The Morgan fingerprint density at radius 2 is 0.493 bits per heavy atom. The number of hydrogen-bond donors (Lipinski definition) is 0. The Bertz CT molecular complexity index is 4680. The summed E-state index contributed by atoms with van der Waals surface area (Å²) in [6.07, 6.45) is 0. The van der Waals surface area contributed by atoms with Crippen LogP contribution in [-0.4, -0.2) is 0 Å². The molecule has 14 aromatic carbocycles. The quantitative estimate of drug-likeness (QED) is 0.145. The van der Waals surface area contributed by atoms with Gasteiger partial charge in [0.2, 0.25) is 0 Å². The van der Waals surface area contributed by atoms with E-state index in [2.05, 4.69) is 279 Å². The van der Waals surface area contributed by atoms with Gasteiger partial charge in [-0.2, -0.15) is 0 Å². The average Bonchev–Trinajstić information content (AvgIpc) is 3.86. The number of furan rings is 1. The maximum Gasteiger partial charge on any atom is 0.135 e. The topological polar surface area (TPSA) is 13.1 Å². The summed E-state index contributed by atoms with van der Waals surface area (Å²) >= 11 is 0. The van der Waals surface area contributed by atoms with Crippen LogP contribution in [0.4, 0.5) is 0 Å². The molecule has 0 bridgehead atoms. The highest BCUT2D eigenvalue weighted by molar-refractivity contribution is 6.24. The molecule has 0 fully saturated rings. The molecule has 0 atom stereocenters. The fourth-order valence-corrected chi connectivity index (χ4v) is 12.1. The first-order chi connectivity index (χ1) is 37.2. The number of hydrogen-bond acceptors (Lipinski definition) is 1. The number of benzene rings is 14. The third kappa shape index (κ3) is 7.16. The minimum Gasteiger partial charge on any atom is -0.456 e. The third-order valence-electron chi connectivity index (χ3n) is 15.6. The van der Waals surface area contributed by atoms with Crippen LogP contribution in [0.25, 0.3) is 154 Å². The molecule has 0 saturated heterocycles. The maximum atomic E-state index is 6.65. The molecule has 0 saturated carbocycles. The SMILES string of the molecule is c1ccc(-c2cccc(-c3c4ccccc4c(-c4ccc(-c5ccc6ccccc6c5)cc4)c4ccc(-c5ccc6oc7ccc(-c8c9ccccc9c(-c9ccccc9)c9ccccc89)cc7c6c5)cc34)c2)cc1. The van der Waals surface area contributed by atoms with Crippen molar-refractivity contribution in [1.82, 2.24) is 0 Å².